The minimum Gasteiger partial charge on any atom is -0.375 e. The van der Waals surface area contributed by atoms with Crippen molar-refractivity contribution in [1.82, 2.24) is 19.5 Å². The SMILES string of the molecule is C=C(c1ccc(C#N)cc1)N(C)CCCNc1cc(-c2ccccc2C)nc2c(C)cnn12. The van der Waals surface area contributed by atoms with Crippen LogP contribution in [0.3, 0.4) is 0 Å². The fourth-order valence-electron chi connectivity index (χ4n) is 3.82. The summed E-state index contributed by atoms with van der Waals surface area (Å²) in [5, 5.41) is 17.0. The first-order chi connectivity index (χ1) is 16.0. The summed E-state index contributed by atoms with van der Waals surface area (Å²) in [6, 6.07) is 20.0. The van der Waals surface area contributed by atoms with Gasteiger partial charge >= 0.3 is 0 Å². The van der Waals surface area contributed by atoms with Crippen LogP contribution in [-0.4, -0.2) is 39.6 Å². The second-order valence-electron chi connectivity index (χ2n) is 8.24. The Kier molecular flexibility index (Phi) is 6.41. The van der Waals surface area contributed by atoms with Gasteiger partial charge in [-0.1, -0.05) is 43.0 Å². The van der Waals surface area contributed by atoms with Gasteiger partial charge < -0.3 is 10.2 Å². The highest BCUT2D eigenvalue weighted by molar-refractivity contribution is 5.70. The molecule has 0 aliphatic rings. The first-order valence-electron chi connectivity index (χ1n) is 11.0. The summed E-state index contributed by atoms with van der Waals surface area (Å²) in [5.74, 6) is 0.930. The Labute approximate surface area is 194 Å². The standard InChI is InChI=1S/C27H28N6/c1-19-8-5-6-9-24(19)25-16-26(33-27(31-25)20(2)18-30-33)29-14-7-15-32(4)21(3)23-12-10-22(17-28)11-13-23/h5-6,8-13,16,18,29H,3,7,14-15H2,1-2,4H3. The molecule has 0 unspecified atom stereocenters. The van der Waals surface area contributed by atoms with Gasteiger partial charge in [-0.2, -0.15) is 14.9 Å². The summed E-state index contributed by atoms with van der Waals surface area (Å²) in [5.41, 5.74) is 7.79. The molecule has 0 bridgehead atoms. The minimum atomic E-state index is 0.654. The van der Waals surface area contributed by atoms with E-state index < -0.39 is 0 Å². The molecule has 6 nitrogen and oxygen atoms in total. The van der Waals surface area contributed by atoms with Gasteiger partial charge in [-0.05, 0) is 43.5 Å². The molecule has 0 atom stereocenters. The van der Waals surface area contributed by atoms with Gasteiger partial charge in [0.05, 0.1) is 23.5 Å². The number of hydrogen-bond acceptors (Lipinski definition) is 5. The van der Waals surface area contributed by atoms with Crippen LogP contribution in [0.1, 0.15) is 28.7 Å². The summed E-state index contributed by atoms with van der Waals surface area (Å²) >= 11 is 0. The number of nitrogens with zero attached hydrogens (tertiary/aromatic N) is 5. The molecule has 6 heteroatoms. The monoisotopic (exact) mass is 436 g/mol. The molecule has 2 aromatic heterocycles. The fraction of sp³-hybridized carbons (Fsp3) is 0.222. The van der Waals surface area contributed by atoms with Gasteiger partial charge in [0.1, 0.15) is 5.82 Å². The molecule has 0 aliphatic heterocycles. The third kappa shape index (κ3) is 4.73. The predicted octanol–water partition coefficient (Wildman–Crippen LogP) is 5.29. The smallest absolute Gasteiger partial charge is 0.160 e. The van der Waals surface area contributed by atoms with Crippen LogP contribution in [0.4, 0.5) is 5.82 Å². The summed E-state index contributed by atoms with van der Waals surface area (Å²) in [6.07, 6.45) is 2.78. The highest BCUT2D eigenvalue weighted by Gasteiger charge is 2.12. The molecule has 4 aromatic rings. The van der Waals surface area contributed by atoms with Crippen molar-refractivity contribution in [3.05, 3.63) is 89.6 Å². The van der Waals surface area contributed by atoms with E-state index >= 15 is 0 Å². The van der Waals surface area contributed by atoms with Gasteiger partial charge in [0.2, 0.25) is 0 Å². The number of aryl methyl sites for hydroxylation is 2. The lowest BCUT2D eigenvalue weighted by Gasteiger charge is -2.22. The van der Waals surface area contributed by atoms with E-state index in [2.05, 4.69) is 53.1 Å². The molecule has 1 N–H and O–H groups in total. The fourth-order valence-corrected chi connectivity index (χ4v) is 3.82. The number of nitriles is 1. The topological polar surface area (TPSA) is 69.2 Å². The molecular weight excluding hydrogens is 408 g/mol. The number of aromatic nitrogens is 3. The lowest BCUT2D eigenvalue weighted by Crippen LogP contribution is -2.20. The van der Waals surface area contributed by atoms with Crippen molar-refractivity contribution in [2.24, 2.45) is 0 Å². The van der Waals surface area contributed by atoms with Crippen LogP contribution < -0.4 is 5.32 Å². The summed E-state index contributed by atoms with van der Waals surface area (Å²) in [6.45, 7) is 9.99. The Morgan fingerprint density at radius 3 is 2.61 bits per heavy atom. The van der Waals surface area contributed by atoms with Gasteiger partial charge in [0.15, 0.2) is 5.65 Å². The molecule has 0 fully saturated rings. The average molecular weight is 437 g/mol. The van der Waals surface area contributed by atoms with Crippen molar-refractivity contribution in [2.45, 2.75) is 20.3 Å². The molecule has 0 amide bonds. The van der Waals surface area contributed by atoms with E-state index in [9.17, 15) is 0 Å². The maximum absolute atomic E-state index is 8.98. The number of hydrogen-bond donors (Lipinski definition) is 1. The summed E-state index contributed by atoms with van der Waals surface area (Å²) in [7, 11) is 2.04. The molecule has 0 spiro atoms. The van der Waals surface area contributed by atoms with Crippen LogP contribution in [0, 0.1) is 25.2 Å². The van der Waals surface area contributed by atoms with E-state index in [4.69, 9.17) is 10.2 Å². The molecule has 2 heterocycles. The third-order valence-electron chi connectivity index (χ3n) is 5.85. The predicted molar refractivity (Wildman–Crippen MR) is 134 cm³/mol. The highest BCUT2D eigenvalue weighted by atomic mass is 15.3. The normalized spacial score (nSPS) is 10.7. The van der Waals surface area contributed by atoms with Crippen molar-refractivity contribution in [3.8, 4) is 17.3 Å². The van der Waals surface area contributed by atoms with Crippen molar-refractivity contribution in [1.29, 1.82) is 5.26 Å². The van der Waals surface area contributed by atoms with E-state index in [0.717, 1.165) is 59.1 Å². The van der Waals surface area contributed by atoms with Crippen LogP contribution in [-0.2, 0) is 0 Å². The number of benzene rings is 2. The van der Waals surface area contributed by atoms with Crippen LogP contribution in [0.5, 0.6) is 0 Å². The lowest BCUT2D eigenvalue weighted by molar-refractivity contribution is 0.473. The van der Waals surface area contributed by atoms with Crippen molar-refractivity contribution >= 4 is 17.2 Å². The van der Waals surface area contributed by atoms with E-state index in [1.54, 1.807) is 0 Å². The van der Waals surface area contributed by atoms with Crippen LogP contribution in [0.2, 0.25) is 0 Å². The van der Waals surface area contributed by atoms with Gasteiger partial charge in [-0.3, -0.25) is 0 Å². The van der Waals surface area contributed by atoms with Gasteiger partial charge in [-0.15, -0.1) is 0 Å². The first-order valence-corrected chi connectivity index (χ1v) is 11.0. The lowest BCUT2D eigenvalue weighted by atomic mass is 10.1. The number of nitrogens with one attached hydrogen (secondary N) is 1. The van der Waals surface area contributed by atoms with Gasteiger partial charge in [0, 0.05) is 43.0 Å². The van der Waals surface area contributed by atoms with E-state index in [1.165, 1.54) is 5.56 Å². The largest absolute Gasteiger partial charge is 0.375 e. The third-order valence-corrected chi connectivity index (χ3v) is 5.85. The molecule has 2 aromatic carbocycles. The Bertz CT molecular complexity index is 1330. The number of anilines is 1. The van der Waals surface area contributed by atoms with Crippen LogP contribution >= 0.6 is 0 Å². The molecule has 0 aliphatic carbocycles. The molecule has 0 saturated heterocycles. The Hall–Kier alpha value is -4.11. The minimum absolute atomic E-state index is 0.654. The molecule has 166 valence electrons. The van der Waals surface area contributed by atoms with Crippen LogP contribution in [0.15, 0.2) is 67.4 Å². The summed E-state index contributed by atoms with van der Waals surface area (Å²) in [4.78, 5) is 7.01. The Balaban J connectivity index is 1.44. The first kappa shape index (κ1) is 22.1. The van der Waals surface area contributed by atoms with E-state index in [-0.39, 0.29) is 0 Å². The number of rotatable bonds is 8. The van der Waals surface area contributed by atoms with Gasteiger partial charge in [0.25, 0.3) is 0 Å². The quantitative estimate of drug-likeness (QED) is 0.380. The highest BCUT2D eigenvalue weighted by Crippen LogP contribution is 2.26. The number of fused-ring (bicyclic) bond motifs is 1. The van der Waals surface area contributed by atoms with Crippen LogP contribution in [0.25, 0.3) is 22.6 Å². The van der Waals surface area contributed by atoms with Crippen molar-refractivity contribution in [3.63, 3.8) is 0 Å². The zero-order chi connectivity index (χ0) is 23.4. The average Bonchev–Trinajstić information content (AvgIpc) is 3.22. The molecule has 4 rings (SSSR count). The van der Waals surface area contributed by atoms with E-state index in [0.29, 0.717) is 5.56 Å². The molecule has 0 radical (unpaired) electrons. The maximum Gasteiger partial charge on any atom is 0.160 e. The second kappa shape index (κ2) is 9.58. The molecular formula is C27H28N6. The molecule has 33 heavy (non-hydrogen) atoms. The van der Waals surface area contributed by atoms with Gasteiger partial charge in [-0.25, -0.2) is 4.98 Å². The van der Waals surface area contributed by atoms with E-state index in [1.807, 2.05) is 61.1 Å². The summed E-state index contributed by atoms with van der Waals surface area (Å²) < 4.78 is 1.87. The Morgan fingerprint density at radius 2 is 1.88 bits per heavy atom. The second-order valence-corrected chi connectivity index (χ2v) is 8.24. The molecule has 0 saturated carbocycles. The zero-order valence-corrected chi connectivity index (χ0v) is 19.3. The van der Waals surface area contributed by atoms with Crippen molar-refractivity contribution < 1.29 is 0 Å². The maximum atomic E-state index is 8.98. The Morgan fingerprint density at radius 1 is 1.12 bits per heavy atom. The zero-order valence-electron chi connectivity index (χ0n) is 19.3. The van der Waals surface area contributed by atoms with Crippen molar-refractivity contribution in [2.75, 3.05) is 25.5 Å².